The molecule has 0 aliphatic rings. The molecule has 16 heavy (non-hydrogen) atoms. The molecule has 0 saturated carbocycles. The molecule has 1 heterocycles. The van der Waals surface area contributed by atoms with Crippen LogP contribution in [0.4, 0.5) is 0 Å². The molecule has 1 aromatic heterocycles. The highest BCUT2D eigenvalue weighted by Gasteiger charge is 2.22. The molecule has 0 spiro atoms. The first-order valence-corrected chi connectivity index (χ1v) is 5.24. The topological polar surface area (TPSA) is 109 Å². The lowest BCUT2D eigenvalue weighted by Crippen LogP contribution is -2.43. The van der Waals surface area contributed by atoms with Crippen LogP contribution in [0, 0.1) is 0 Å². The number of rotatable bonds is 5. The fourth-order valence-electron chi connectivity index (χ4n) is 1.04. The van der Waals surface area contributed by atoms with Crippen LogP contribution in [0.3, 0.4) is 0 Å². The molecular weight excluding hydrogens is 232 g/mol. The van der Waals surface area contributed by atoms with Gasteiger partial charge in [0.2, 0.25) is 5.91 Å². The minimum Gasteiger partial charge on any atom is -0.480 e. The van der Waals surface area contributed by atoms with E-state index < -0.39 is 30.2 Å². The quantitative estimate of drug-likeness (QED) is 0.664. The molecule has 1 unspecified atom stereocenters. The zero-order valence-corrected chi connectivity index (χ0v) is 8.99. The summed E-state index contributed by atoms with van der Waals surface area (Å²) >= 11 is 1.18. The van der Waals surface area contributed by atoms with Gasteiger partial charge in [0, 0.05) is 0 Å². The van der Waals surface area contributed by atoms with Crippen molar-refractivity contribution in [2.45, 2.75) is 12.5 Å². The predicted octanol–water partition coefficient (Wildman–Crippen LogP) is -0.194. The van der Waals surface area contributed by atoms with E-state index in [1.54, 1.807) is 17.5 Å². The average molecular weight is 242 g/mol. The summed E-state index contributed by atoms with van der Waals surface area (Å²) < 4.78 is 0. The van der Waals surface area contributed by atoms with Crippen molar-refractivity contribution < 1.29 is 19.5 Å². The number of amides is 2. The van der Waals surface area contributed by atoms with E-state index in [-0.39, 0.29) is 0 Å². The van der Waals surface area contributed by atoms with E-state index in [2.05, 4.69) is 5.32 Å². The molecule has 2 amide bonds. The molecular formula is C9H10N2O4S. The van der Waals surface area contributed by atoms with Gasteiger partial charge in [-0.25, -0.2) is 4.79 Å². The van der Waals surface area contributed by atoms with Crippen molar-refractivity contribution in [3.63, 3.8) is 0 Å². The second kappa shape index (κ2) is 5.26. The number of aliphatic carboxylic acids is 1. The average Bonchev–Trinajstić information content (AvgIpc) is 2.68. The summed E-state index contributed by atoms with van der Waals surface area (Å²) in [7, 11) is 0. The Kier molecular flexibility index (Phi) is 4.01. The third kappa shape index (κ3) is 3.35. The monoisotopic (exact) mass is 242 g/mol. The second-order valence-electron chi connectivity index (χ2n) is 3.01. The summed E-state index contributed by atoms with van der Waals surface area (Å²) in [5.41, 5.74) is 4.87. The Labute approximate surface area is 95.1 Å². The first-order chi connectivity index (χ1) is 7.50. The van der Waals surface area contributed by atoms with Gasteiger partial charge in [-0.15, -0.1) is 11.3 Å². The van der Waals surface area contributed by atoms with Crippen molar-refractivity contribution in [3.05, 3.63) is 22.4 Å². The van der Waals surface area contributed by atoms with Crippen LogP contribution in [-0.2, 0) is 9.59 Å². The Bertz CT molecular complexity index is 402. The molecule has 0 aliphatic carbocycles. The predicted molar refractivity (Wildman–Crippen MR) is 57.0 cm³/mol. The van der Waals surface area contributed by atoms with E-state index in [4.69, 9.17) is 10.8 Å². The Morgan fingerprint density at radius 3 is 2.62 bits per heavy atom. The van der Waals surface area contributed by atoms with E-state index in [9.17, 15) is 14.4 Å². The van der Waals surface area contributed by atoms with Crippen molar-refractivity contribution in [1.82, 2.24) is 5.32 Å². The van der Waals surface area contributed by atoms with Crippen LogP contribution >= 0.6 is 11.3 Å². The molecule has 1 rings (SSSR count). The maximum Gasteiger partial charge on any atom is 0.326 e. The fraction of sp³-hybridized carbons (Fsp3) is 0.222. The van der Waals surface area contributed by atoms with Gasteiger partial charge < -0.3 is 16.2 Å². The Balaban J connectivity index is 2.65. The largest absolute Gasteiger partial charge is 0.480 e. The molecule has 0 radical (unpaired) electrons. The molecule has 6 nitrogen and oxygen atoms in total. The van der Waals surface area contributed by atoms with Gasteiger partial charge in [-0.3, -0.25) is 9.59 Å². The van der Waals surface area contributed by atoms with Crippen LogP contribution in [0.15, 0.2) is 17.5 Å². The highest BCUT2D eigenvalue weighted by Crippen LogP contribution is 2.08. The first kappa shape index (κ1) is 12.2. The summed E-state index contributed by atoms with van der Waals surface area (Å²) in [5.74, 6) is -2.59. The first-order valence-electron chi connectivity index (χ1n) is 4.36. The van der Waals surface area contributed by atoms with Crippen LogP contribution in [0.25, 0.3) is 0 Å². The van der Waals surface area contributed by atoms with Crippen molar-refractivity contribution >= 4 is 29.1 Å². The fourth-order valence-corrected chi connectivity index (χ4v) is 1.67. The maximum atomic E-state index is 11.5. The SMILES string of the molecule is NC(=O)CC(NC(=O)c1cccs1)C(=O)O. The second-order valence-corrected chi connectivity index (χ2v) is 3.96. The summed E-state index contributed by atoms with van der Waals surface area (Å²) in [4.78, 5) is 33.2. The van der Waals surface area contributed by atoms with Gasteiger partial charge in [0.15, 0.2) is 0 Å². The molecule has 7 heteroatoms. The number of carboxylic acids is 1. The minimum atomic E-state index is -1.29. The van der Waals surface area contributed by atoms with Gasteiger partial charge >= 0.3 is 5.97 Å². The van der Waals surface area contributed by atoms with Gasteiger partial charge in [-0.2, -0.15) is 0 Å². The highest BCUT2D eigenvalue weighted by molar-refractivity contribution is 7.12. The van der Waals surface area contributed by atoms with Crippen molar-refractivity contribution in [3.8, 4) is 0 Å². The number of nitrogens with two attached hydrogens (primary N) is 1. The van der Waals surface area contributed by atoms with Crippen LogP contribution in [0.5, 0.6) is 0 Å². The maximum absolute atomic E-state index is 11.5. The number of carbonyl (C=O) groups is 3. The molecule has 0 bridgehead atoms. The number of primary amides is 1. The van der Waals surface area contributed by atoms with E-state index in [0.29, 0.717) is 4.88 Å². The summed E-state index contributed by atoms with van der Waals surface area (Å²) in [6.07, 6.45) is -0.424. The Hall–Kier alpha value is -1.89. The van der Waals surface area contributed by atoms with Gasteiger partial charge in [-0.1, -0.05) is 6.07 Å². The summed E-state index contributed by atoms with van der Waals surface area (Å²) in [6.45, 7) is 0. The number of hydrogen-bond acceptors (Lipinski definition) is 4. The number of hydrogen-bond donors (Lipinski definition) is 3. The van der Waals surface area contributed by atoms with Crippen LogP contribution in [-0.4, -0.2) is 28.9 Å². The van der Waals surface area contributed by atoms with Gasteiger partial charge in [0.25, 0.3) is 5.91 Å². The zero-order chi connectivity index (χ0) is 12.1. The molecule has 0 aliphatic heterocycles. The molecule has 0 aromatic carbocycles. The Morgan fingerprint density at radius 2 is 2.19 bits per heavy atom. The molecule has 0 saturated heterocycles. The normalized spacial score (nSPS) is 11.8. The Morgan fingerprint density at radius 1 is 1.50 bits per heavy atom. The van der Waals surface area contributed by atoms with Crippen molar-refractivity contribution in [2.24, 2.45) is 5.73 Å². The van der Waals surface area contributed by atoms with E-state index in [1.165, 1.54) is 11.3 Å². The standard InChI is InChI=1S/C9H10N2O4S/c10-7(12)4-5(9(14)15)11-8(13)6-2-1-3-16-6/h1-3,5H,4H2,(H2,10,12)(H,11,13)(H,14,15). The molecule has 0 fully saturated rings. The van der Waals surface area contributed by atoms with Crippen LogP contribution < -0.4 is 11.1 Å². The van der Waals surface area contributed by atoms with Crippen molar-refractivity contribution in [1.29, 1.82) is 0 Å². The summed E-state index contributed by atoms with van der Waals surface area (Å²) in [5, 5.41) is 12.7. The lowest BCUT2D eigenvalue weighted by atomic mass is 10.2. The zero-order valence-electron chi connectivity index (χ0n) is 8.17. The van der Waals surface area contributed by atoms with Gasteiger partial charge in [0.1, 0.15) is 6.04 Å². The van der Waals surface area contributed by atoms with Crippen molar-refractivity contribution in [2.75, 3.05) is 0 Å². The van der Waals surface area contributed by atoms with E-state index >= 15 is 0 Å². The van der Waals surface area contributed by atoms with Crippen LogP contribution in [0.2, 0.25) is 0 Å². The lowest BCUT2D eigenvalue weighted by molar-refractivity contribution is -0.140. The summed E-state index contributed by atoms with van der Waals surface area (Å²) in [6, 6.07) is 1.94. The lowest BCUT2D eigenvalue weighted by Gasteiger charge is -2.11. The minimum absolute atomic E-state index is 0.385. The number of carbonyl (C=O) groups excluding carboxylic acids is 2. The number of thiophene rings is 1. The number of nitrogens with one attached hydrogen (secondary N) is 1. The third-order valence-corrected chi connectivity index (χ3v) is 2.62. The molecule has 1 aromatic rings. The van der Waals surface area contributed by atoms with E-state index in [0.717, 1.165) is 0 Å². The smallest absolute Gasteiger partial charge is 0.326 e. The van der Waals surface area contributed by atoms with Gasteiger partial charge in [-0.05, 0) is 11.4 Å². The van der Waals surface area contributed by atoms with E-state index in [1.807, 2.05) is 0 Å². The number of carboxylic acid groups (broad SMARTS) is 1. The molecule has 1 atom stereocenters. The van der Waals surface area contributed by atoms with Crippen LogP contribution in [0.1, 0.15) is 16.1 Å². The van der Waals surface area contributed by atoms with Gasteiger partial charge in [0.05, 0.1) is 11.3 Å². The third-order valence-electron chi connectivity index (χ3n) is 1.75. The molecule has 4 N–H and O–H groups in total. The molecule has 86 valence electrons. The highest BCUT2D eigenvalue weighted by atomic mass is 32.1.